The molecule has 0 radical (unpaired) electrons. The molecule has 0 aliphatic rings. The number of aromatic nitrogens is 4. The zero-order valence-electron chi connectivity index (χ0n) is 9.89. The second-order valence-electron chi connectivity index (χ2n) is 3.81. The van der Waals surface area contributed by atoms with Crippen LogP contribution in [0.25, 0.3) is 5.65 Å². The molecule has 8 heteroatoms. The normalized spacial score (nSPS) is 12.8. The molecule has 2 aromatic rings. The predicted octanol–water partition coefficient (Wildman–Crippen LogP) is 0.473. The van der Waals surface area contributed by atoms with E-state index in [0.717, 1.165) is 6.42 Å². The molecular formula is C10H14ClN5O2. The molecular weight excluding hydrogens is 258 g/mol. The van der Waals surface area contributed by atoms with Crippen LogP contribution in [-0.2, 0) is 4.74 Å². The third-order valence-electron chi connectivity index (χ3n) is 2.52. The number of methoxy groups -OCH3 is 1. The van der Waals surface area contributed by atoms with E-state index in [1.165, 1.54) is 10.7 Å². The first-order valence-electron chi connectivity index (χ1n) is 5.49. The van der Waals surface area contributed by atoms with Gasteiger partial charge in [-0.2, -0.15) is 5.10 Å². The van der Waals surface area contributed by atoms with Crippen molar-refractivity contribution in [2.45, 2.75) is 12.5 Å². The maximum Gasteiger partial charge on any atom is 0.348 e. The average molecular weight is 272 g/mol. The van der Waals surface area contributed by atoms with Gasteiger partial charge in [0.1, 0.15) is 12.1 Å². The lowest BCUT2D eigenvalue weighted by Gasteiger charge is -2.15. The highest BCUT2D eigenvalue weighted by molar-refractivity contribution is 6.18. The molecule has 1 unspecified atom stereocenters. The van der Waals surface area contributed by atoms with E-state index in [1.807, 2.05) is 0 Å². The fraction of sp³-hybridized carbons (Fsp3) is 0.500. The van der Waals surface area contributed by atoms with Crippen molar-refractivity contribution in [1.29, 1.82) is 0 Å². The van der Waals surface area contributed by atoms with E-state index in [1.54, 1.807) is 13.2 Å². The van der Waals surface area contributed by atoms with Gasteiger partial charge in [0.15, 0.2) is 5.65 Å². The van der Waals surface area contributed by atoms with Gasteiger partial charge in [-0.1, -0.05) is 0 Å². The van der Waals surface area contributed by atoms with Crippen LogP contribution in [0.15, 0.2) is 17.2 Å². The lowest BCUT2D eigenvalue weighted by Crippen LogP contribution is -2.24. The molecule has 2 N–H and O–H groups in total. The van der Waals surface area contributed by atoms with Crippen molar-refractivity contribution in [2.75, 3.05) is 24.9 Å². The summed E-state index contributed by atoms with van der Waals surface area (Å²) in [6.45, 7) is 0.620. The summed E-state index contributed by atoms with van der Waals surface area (Å²) in [4.78, 5) is 15.4. The molecule has 2 heterocycles. The SMILES string of the molecule is COCCC(CCl)Nc1cc2n[nH]c(=O)n2cn1. The second kappa shape index (κ2) is 5.83. The fourth-order valence-corrected chi connectivity index (χ4v) is 1.78. The zero-order chi connectivity index (χ0) is 13.0. The van der Waals surface area contributed by atoms with Gasteiger partial charge in [-0.3, -0.25) is 0 Å². The maximum absolute atomic E-state index is 11.3. The Bertz CT molecular complexity index is 567. The van der Waals surface area contributed by atoms with Crippen molar-refractivity contribution < 1.29 is 4.74 Å². The number of rotatable bonds is 6. The van der Waals surface area contributed by atoms with Crippen molar-refractivity contribution >= 4 is 23.1 Å². The molecule has 0 bridgehead atoms. The van der Waals surface area contributed by atoms with Gasteiger partial charge in [0.2, 0.25) is 0 Å². The number of anilines is 1. The van der Waals surface area contributed by atoms with E-state index < -0.39 is 0 Å². The number of hydrogen-bond acceptors (Lipinski definition) is 5. The van der Waals surface area contributed by atoms with Crippen LogP contribution in [0, 0.1) is 0 Å². The van der Waals surface area contributed by atoms with Gasteiger partial charge in [0, 0.05) is 31.7 Å². The number of nitrogens with zero attached hydrogens (tertiary/aromatic N) is 3. The van der Waals surface area contributed by atoms with Gasteiger partial charge in [-0.05, 0) is 6.42 Å². The fourth-order valence-electron chi connectivity index (χ4n) is 1.55. The minimum absolute atomic E-state index is 0.0623. The Labute approximate surface area is 108 Å². The zero-order valence-corrected chi connectivity index (χ0v) is 10.6. The van der Waals surface area contributed by atoms with E-state index in [2.05, 4.69) is 20.5 Å². The number of hydrogen-bond donors (Lipinski definition) is 2. The van der Waals surface area contributed by atoms with Crippen LogP contribution in [-0.4, -0.2) is 45.2 Å². The molecule has 0 saturated carbocycles. The van der Waals surface area contributed by atoms with Gasteiger partial charge in [-0.25, -0.2) is 19.3 Å². The highest BCUT2D eigenvalue weighted by atomic mass is 35.5. The Hall–Kier alpha value is -1.60. The van der Waals surface area contributed by atoms with E-state index in [9.17, 15) is 4.79 Å². The third-order valence-corrected chi connectivity index (χ3v) is 2.89. The number of nitrogens with one attached hydrogen (secondary N) is 2. The smallest absolute Gasteiger partial charge is 0.348 e. The highest BCUT2D eigenvalue weighted by Crippen LogP contribution is 2.09. The van der Waals surface area contributed by atoms with E-state index >= 15 is 0 Å². The number of ether oxygens (including phenoxy) is 1. The lowest BCUT2D eigenvalue weighted by molar-refractivity contribution is 0.191. The van der Waals surface area contributed by atoms with Gasteiger partial charge < -0.3 is 10.1 Å². The maximum atomic E-state index is 11.3. The molecule has 18 heavy (non-hydrogen) atoms. The lowest BCUT2D eigenvalue weighted by atomic mass is 10.2. The summed E-state index contributed by atoms with van der Waals surface area (Å²) in [5, 5.41) is 9.38. The molecule has 2 aromatic heterocycles. The Balaban J connectivity index is 2.13. The molecule has 0 spiro atoms. The van der Waals surface area contributed by atoms with Crippen LogP contribution in [0.4, 0.5) is 5.82 Å². The van der Waals surface area contributed by atoms with Gasteiger partial charge in [0.25, 0.3) is 0 Å². The van der Waals surface area contributed by atoms with Crippen LogP contribution in [0.3, 0.4) is 0 Å². The van der Waals surface area contributed by atoms with Crippen molar-refractivity contribution in [1.82, 2.24) is 19.6 Å². The first-order valence-corrected chi connectivity index (χ1v) is 6.02. The minimum atomic E-state index is -0.308. The predicted molar refractivity (Wildman–Crippen MR) is 68.2 cm³/mol. The van der Waals surface area contributed by atoms with Gasteiger partial charge in [0.05, 0.1) is 0 Å². The Morgan fingerprint density at radius 3 is 3.22 bits per heavy atom. The molecule has 0 saturated heterocycles. The Kier molecular flexibility index (Phi) is 4.16. The molecule has 2 rings (SSSR count). The summed E-state index contributed by atoms with van der Waals surface area (Å²) in [6.07, 6.45) is 2.20. The van der Waals surface area contributed by atoms with Crippen LogP contribution < -0.4 is 11.0 Å². The summed E-state index contributed by atoms with van der Waals surface area (Å²) in [7, 11) is 1.64. The average Bonchev–Trinajstić information content (AvgIpc) is 2.76. The van der Waals surface area contributed by atoms with Crippen molar-refractivity contribution in [3.05, 3.63) is 22.9 Å². The highest BCUT2D eigenvalue weighted by Gasteiger charge is 2.09. The number of aromatic amines is 1. The number of halogens is 1. The number of H-pyrrole nitrogens is 1. The summed E-state index contributed by atoms with van der Waals surface area (Å²) >= 11 is 5.85. The van der Waals surface area contributed by atoms with Crippen LogP contribution in [0.2, 0.25) is 0 Å². The minimum Gasteiger partial charge on any atom is -0.385 e. The molecule has 0 fully saturated rings. The first kappa shape index (κ1) is 12.8. The Morgan fingerprint density at radius 2 is 2.50 bits per heavy atom. The third kappa shape index (κ3) is 2.80. The summed E-state index contributed by atoms with van der Waals surface area (Å²) in [5.41, 5.74) is 0.204. The molecule has 0 aliphatic carbocycles. The van der Waals surface area contributed by atoms with Crippen LogP contribution >= 0.6 is 11.6 Å². The topological polar surface area (TPSA) is 84.3 Å². The quantitative estimate of drug-likeness (QED) is 0.746. The molecule has 7 nitrogen and oxygen atoms in total. The van der Waals surface area contributed by atoms with Crippen LogP contribution in [0.5, 0.6) is 0 Å². The molecule has 1 atom stereocenters. The summed E-state index contributed by atoms with van der Waals surface area (Å²) in [6, 6.07) is 1.75. The summed E-state index contributed by atoms with van der Waals surface area (Å²) in [5.74, 6) is 1.08. The number of fused-ring (bicyclic) bond motifs is 1. The standard InChI is InChI=1S/C10H14ClN5O2/c1-18-3-2-7(5-11)13-8-4-9-14-15-10(17)16(9)6-12-8/h4,6-7,13H,2-3,5H2,1H3,(H,15,17). The molecule has 0 aliphatic heterocycles. The van der Waals surface area contributed by atoms with Crippen molar-refractivity contribution in [3.63, 3.8) is 0 Å². The van der Waals surface area contributed by atoms with Crippen LogP contribution in [0.1, 0.15) is 6.42 Å². The van der Waals surface area contributed by atoms with Crippen molar-refractivity contribution in [3.8, 4) is 0 Å². The van der Waals surface area contributed by atoms with Gasteiger partial charge in [-0.15, -0.1) is 11.6 Å². The second-order valence-corrected chi connectivity index (χ2v) is 4.12. The van der Waals surface area contributed by atoms with E-state index in [-0.39, 0.29) is 11.7 Å². The Morgan fingerprint density at radius 1 is 1.67 bits per heavy atom. The van der Waals surface area contributed by atoms with Crippen molar-refractivity contribution in [2.24, 2.45) is 0 Å². The molecule has 0 aromatic carbocycles. The van der Waals surface area contributed by atoms with E-state index in [4.69, 9.17) is 16.3 Å². The largest absolute Gasteiger partial charge is 0.385 e. The molecule has 98 valence electrons. The van der Waals surface area contributed by atoms with Gasteiger partial charge >= 0.3 is 5.69 Å². The monoisotopic (exact) mass is 271 g/mol. The summed E-state index contributed by atoms with van der Waals surface area (Å²) < 4.78 is 6.33. The molecule has 0 amide bonds. The first-order chi connectivity index (χ1) is 8.74. The van der Waals surface area contributed by atoms with E-state index in [0.29, 0.717) is 24.0 Å². The number of alkyl halides is 1.